The van der Waals surface area contributed by atoms with Crippen molar-refractivity contribution >= 4 is 5.82 Å². The lowest BCUT2D eigenvalue weighted by Gasteiger charge is -2.40. The van der Waals surface area contributed by atoms with E-state index in [2.05, 4.69) is 23.8 Å². The van der Waals surface area contributed by atoms with Crippen LogP contribution in [0.3, 0.4) is 0 Å². The predicted octanol–water partition coefficient (Wildman–Crippen LogP) is 2.20. The molecule has 1 saturated heterocycles. The molecular formula is C14H26N4. The Labute approximate surface area is 110 Å². The Morgan fingerprint density at radius 1 is 1.33 bits per heavy atom. The molecule has 0 spiro atoms. The van der Waals surface area contributed by atoms with Crippen LogP contribution in [0.4, 0.5) is 5.82 Å². The number of hydrogen-bond donors (Lipinski definition) is 1. The van der Waals surface area contributed by atoms with E-state index in [4.69, 9.17) is 5.73 Å². The van der Waals surface area contributed by atoms with Gasteiger partial charge in [-0.05, 0) is 25.2 Å². The molecular weight excluding hydrogens is 224 g/mol. The molecule has 1 aliphatic heterocycles. The van der Waals surface area contributed by atoms with E-state index in [1.807, 2.05) is 18.7 Å². The number of aryl methyl sites for hydroxylation is 2. The topological polar surface area (TPSA) is 47.1 Å². The maximum atomic E-state index is 5.87. The highest BCUT2D eigenvalue weighted by atomic mass is 15.4. The molecule has 0 saturated carbocycles. The van der Waals surface area contributed by atoms with E-state index in [1.54, 1.807) is 0 Å². The van der Waals surface area contributed by atoms with Crippen LogP contribution in [-0.4, -0.2) is 22.9 Å². The van der Waals surface area contributed by atoms with Gasteiger partial charge in [-0.25, -0.2) is 0 Å². The van der Waals surface area contributed by atoms with E-state index in [0.717, 1.165) is 18.8 Å². The summed E-state index contributed by atoms with van der Waals surface area (Å²) in [6, 6.07) is 0. The number of anilines is 1. The van der Waals surface area contributed by atoms with Crippen LogP contribution in [0.2, 0.25) is 0 Å². The van der Waals surface area contributed by atoms with Crippen molar-refractivity contribution in [3.63, 3.8) is 0 Å². The minimum Gasteiger partial charge on any atom is -0.357 e. The van der Waals surface area contributed by atoms with Crippen LogP contribution in [0.15, 0.2) is 0 Å². The van der Waals surface area contributed by atoms with E-state index in [1.165, 1.54) is 30.6 Å². The highest BCUT2D eigenvalue weighted by Crippen LogP contribution is 2.36. The van der Waals surface area contributed by atoms with Gasteiger partial charge in [-0.3, -0.25) is 4.68 Å². The Morgan fingerprint density at radius 3 is 2.44 bits per heavy atom. The van der Waals surface area contributed by atoms with E-state index in [9.17, 15) is 0 Å². The van der Waals surface area contributed by atoms with Crippen molar-refractivity contribution in [2.45, 2.75) is 46.6 Å². The van der Waals surface area contributed by atoms with Crippen molar-refractivity contribution in [2.24, 2.45) is 18.2 Å². The number of nitrogens with zero attached hydrogens (tertiary/aromatic N) is 3. The van der Waals surface area contributed by atoms with Crippen LogP contribution >= 0.6 is 0 Å². The molecule has 0 amide bonds. The van der Waals surface area contributed by atoms with Gasteiger partial charge in [0.15, 0.2) is 0 Å². The lowest BCUT2D eigenvalue weighted by molar-refractivity contribution is 0.237. The second-order valence-electron chi connectivity index (χ2n) is 5.87. The lowest BCUT2D eigenvalue weighted by Crippen LogP contribution is -2.39. The third-order valence-electron chi connectivity index (χ3n) is 4.64. The summed E-state index contributed by atoms with van der Waals surface area (Å²) in [6.45, 7) is 9.58. The van der Waals surface area contributed by atoms with Crippen molar-refractivity contribution in [1.29, 1.82) is 0 Å². The number of piperidine rings is 1. The highest BCUT2D eigenvalue weighted by Gasteiger charge is 2.30. The highest BCUT2D eigenvalue weighted by molar-refractivity contribution is 5.50. The second-order valence-corrected chi connectivity index (χ2v) is 5.87. The average molecular weight is 250 g/mol. The van der Waals surface area contributed by atoms with Crippen LogP contribution in [0.1, 0.15) is 44.4 Å². The molecule has 1 aliphatic rings. The Kier molecular flexibility index (Phi) is 3.66. The molecule has 0 aliphatic carbocycles. The zero-order chi connectivity index (χ0) is 13.3. The van der Waals surface area contributed by atoms with Gasteiger partial charge < -0.3 is 10.6 Å². The SMILES string of the molecule is CCC1(C)CCN(c2c(CN)c(C)nn2C)CC1. The van der Waals surface area contributed by atoms with Gasteiger partial charge in [-0.1, -0.05) is 20.3 Å². The normalized spacial score (nSPS) is 19.3. The Morgan fingerprint density at radius 2 is 1.94 bits per heavy atom. The standard InChI is InChI=1S/C14H26N4/c1-5-14(3)6-8-18(9-7-14)13-12(10-15)11(2)16-17(13)4/h5-10,15H2,1-4H3. The van der Waals surface area contributed by atoms with Crippen molar-refractivity contribution < 1.29 is 0 Å². The fourth-order valence-electron chi connectivity index (χ4n) is 2.94. The first kappa shape index (κ1) is 13.4. The summed E-state index contributed by atoms with van der Waals surface area (Å²) < 4.78 is 1.99. The van der Waals surface area contributed by atoms with E-state index in [-0.39, 0.29) is 0 Å². The van der Waals surface area contributed by atoms with Crippen molar-refractivity contribution in [3.8, 4) is 0 Å². The molecule has 2 rings (SSSR count). The van der Waals surface area contributed by atoms with Crippen LogP contribution in [0.5, 0.6) is 0 Å². The molecule has 0 aromatic carbocycles. The smallest absolute Gasteiger partial charge is 0.131 e. The van der Waals surface area contributed by atoms with Gasteiger partial charge >= 0.3 is 0 Å². The average Bonchev–Trinajstić information content (AvgIpc) is 2.65. The van der Waals surface area contributed by atoms with Crippen LogP contribution in [0.25, 0.3) is 0 Å². The molecule has 4 nitrogen and oxygen atoms in total. The summed E-state index contributed by atoms with van der Waals surface area (Å²) >= 11 is 0. The van der Waals surface area contributed by atoms with Crippen LogP contribution < -0.4 is 10.6 Å². The van der Waals surface area contributed by atoms with E-state index < -0.39 is 0 Å². The minimum atomic E-state index is 0.521. The monoisotopic (exact) mass is 250 g/mol. The zero-order valence-corrected chi connectivity index (χ0v) is 12.2. The molecule has 0 unspecified atom stereocenters. The number of nitrogens with two attached hydrogens (primary N) is 1. The summed E-state index contributed by atoms with van der Waals surface area (Å²) in [5.74, 6) is 1.23. The van der Waals surface area contributed by atoms with Gasteiger partial charge in [0.05, 0.1) is 5.69 Å². The molecule has 0 atom stereocenters. The molecule has 1 fully saturated rings. The number of aromatic nitrogens is 2. The largest absolute Gasteiger partial charge is 0.357 e. The Bertz CT molecular complexity index is 414. The number of hydrogen-bond acceptors (Lipinski definition) is 3. The quantitative estimate of drug-likeness (QED) is 0.894. The van der Waals surface area contributed by atoms with Crippen LogP contribution in [-0.2, 0) is 13.6 Å². The fraction of sp³-hybridized carbons (Fsp3) is 0.786. The third kappa shape index (κ3) is 2.26. The Balaban J connectivity index is 2.19. The van der Waals surface area contributed by atoms with Crippen molar-refractivity contribution in [1.82, 2.24) is 9.78 Å². The van der Waals surface area contributed by atoms with Gasteiger partial charge in [0.1, 0.15) is 5.82 Å². The molecule has 0 radical (unpaired) electrons. The number of rotatable bonds is 3. The van der Waals surface area contributed by atoms with Crippen molar-refractivity contribution in [3.05, 3.63) is 11.3 Å². The minimum absolute atomic E-state index is 0.521. The predicted molar refractivity (Wildman–Crippen MR) is 75.7 cm³/mol. The molecule has 102 valence electrons. The zero-order valence-electron chi connectivity index (χ0n) is 12.2. The first-order valence-electron chi connectivity index (χ1n) is 6.98. The van der Waals surface area contributed by atoms with Gasteiger partial charge in [0.25, 0.3) is 0 Å². The van der Waals surface area contributed by atoms with Gasteiger partial charge in [-0.2, -0.15) is 5.10 Å². The third-order valence-corrected chi connectivity index (χ3v) is 4.64. The first-order valence-corrected chi connectivity index (χ1v) is 6.98. The molecule has 4 heteroatoms. The molecule has 1 aromatic rings. The summed E-state index contributed by atoms with van der Waals surface area (Å²) in [4.78, 5) is 2.46. The molecule has 0 bridgehead atoms. The molecule has 18 heavy (non-hydrogen) atoms. The first-order chi connectivity index (χ1) is 8.50. The maximum Gasteiger partial charge on any atom is 0.131 e. The van der Waals surface area contributed by atoms with Crippen molar-refractivity contribution in [2.75, 3.05) is 18.0 Å². The van der Waals surface area contributed by atoms with Crippen LogP contribution in [0, 0.1) is 12.3 Å². The van der Waals surface area contributed by atoms with E-state index in [0.29, 0.717) is 12.0 Å². The summed E-state index contributed by atoms with van der Waals surface area (Å²) in [5, 5.41) is 4.51. The summed E-state index contributed by atoms with van der Waals surface area (Å²) in [7, 11) is 2.02. The lowest BCUT2D eigenvalue weighted by atomic mass is 9.78. The maximum absolute atomic E-state index is 5.87. The van der Waals surface area contributed by atoms with Gasteiger partial charge in [0.2, 0.25) is 0 Å². The molecule has 2 N–H and O–H groups in total. The summed E-state index contributed by atoms with van der Waals surface area (Å²) in [6.07, 6.45) is 3.80. The van der Waals surface area contributed by atoms with E-state index >= 15 is 0 Å². The van der Waals surface area contributed by atoms with Gasteiger partial charge in [0, 0.05) is 32.2 Å². The Hall–Kier alpha value is -1.03. The molecule has 2 heterocycles. The molecule has 1 aromatic heterocycles. The summed E-state index contributed by atoms with van der Waals surface area (Å²) in [5.41, 5.74) is 8.67. The fourth-order valence-corrected chi connectivity index (χ4v) is 2.94. The van der Waals surface area contributed by atoms with Gasteiger partial charge in [-0.15, -0.1) is 0 Å². The second kappa shape index (κ2) is 4.92.